The van der Waals surface area contributed by atoms with E-state index in [9.17, 15) is 9.18 Å². The predicted octanol–water partition coefficient (Wildman–Crippen LogP) is 3.84. The molecule has 0 aliphatic carbocycles. The van der Waals surface area contributed by atoms with Gasteiger partial charge in [-0.05, 0) is 57.1 Å². The van der Waals surface area contributed by atoms with Crippen molar-refractivity contribution >= 4 is 21.9 Å². The van der Waals surface area contributed by atoms with Crippen LogP contribution in [0.15, 0.2) is 35.1 Å². The number of nitrogens with zero attached hydrogens (tertiary/aromatic N) is 4. The van der Waals surface area contributed by atoms with E-state index in [1.165, 1.54) is 0 Å². The van der Waals surface area contributed by atoms with Gasteiger partial charge in [-0.1, -0.05) is 6.07 Å². The second-order valence-corrected chi connectivity index (χ2v) is 9.32. The van der Waals surface area contributed by atoms with Gasteiger partial charge in [0.25, 0.3) is 0 Å². The third-order valence-corrected chi connectivity index (χ3v) is 6.60. The van der Waals surface area contributed by atoms with Crippen molar-refractivity contribution in [2.75, 3.05) is 40.5 Å². The maximum atomic E-state index is 15.0. The molecular formula is C26H30FN5O3. The summed E-state index contributed by atoms with van der Waals surface area (Å²) in [5.74, 6) is -0.106. The molecule has 0 spiro atoms. The van der Waals surface area contributed by atoms with E-state index < -0.39 is 5.95 Å². The SMILES string of the molecule is CN(C)CCCOc1ccc(-c2ccc3nc(C4CCOCC4)c4c([nH]c(=O)n4C)c3c2)c(F)n1. The van der Waals surface area contributed by atoms with Crippen LogP contribution in [0.1, 0.15) is 30.9 Å². The first-order valence-electron chi connectivity index (χ1n) is 12.0. The Hall–Kier alpha value is -3.30. The Bertz CT molecular complexity index is 1420. The minimum atomic E-state index is -0.598. The van der Waals surface area contributed by atoms with E-state index in [-0.39, 0.29) is 17.5 Å². The number of pyridine rings is 2. The van der Waals surface area contributed by atoms with Crippen LogP contribution in [-0.2, 0) is 11.8 Å². The predicted molar refractivity (Wildman–Crippen MR) is 133 cm³/mol. The average molecular weight is 480 g/mol. The van der Waals surface area contributed by atoms with E-state index in [2.05, 4.69) is 14.9 Å². The first-order chi connectivity index (χ1) is 16.9. The van der Waals surface area contributed by atoms with Crippen LogP contribution < -0.4 is 10.4 Å². The van der Waals surface area contributed by atoms with Crippen LogP contribution in [0.3, 0.4) is 0 Å². The highest BCUT2D eigenvalue weighted by molar-refractivity contribution is 6.04. The lowest BCUT2D eigenvalue weighted by atomic mass is 9.93. The summed E-state index contributed by atoms with van der Waals surface area (Å²) in [6.45, 7) is 2.73. The Morgan fingerprint density at radius 1 is 1.20 bits per heavy atom. The first kappa shape index (κ1) is 23.4. The fraction of sp³-hybridized carbons (Fsp3) is 0.423. The first-order valence-corrected chi connectivity index (χ1v) is 12.0. The number of hydrogen-bond donors (Lipinski definition) is 1. The number of rotatable bonds is 7. The molecule has 0 atom stereocenters. The highest BCUT2D eigenvalue weighted by Gasteiger charge is 2.24. The topological polar surface area (TPSA) is 85.3 Å². The molecule has 4 aromatic rings. The third-order valence-electron chi connectivity index (χ3n) is 6.60. The molecule has 184 valence electrons. The average Bonchev–Trinajstić information content (AvgIpc) is 3.16. The van der Waals surface area contributed by atoms with E-state index in [0.29, 0.717) is 30.9 Å². The molecule has 0 bridgehead atoms. The van der Waals surface area contributed by atoms with Gasteiger partial charge in [-0.3, -0.25) is 9.55 Å². The molecule has 9 heteroatoms. The largest absolute Gasteiger partial charge is 0.478 e. The zero-order chi connectivity index (χ0) is 24.5. The standard InChI is InChI=1S/C26H30FN5O3/c1-31(2)11-4-12-35-21-8-6-18(25(27)29-21)17-5-7-20-19(15-17)23-24(32(3)26(33)30-23)22(28-20)16-9-13-34-14-10-16/h5-8,15-16H,4,9-14H2,1-3H3,(H,30,33). The van der Waals surface area contributed by atoms with Crippen molar-refractivity contribution < 1.29 is 13.9 Å². The van der Waals surface area contributed by atoms with Gasteiger partial charge in [0.2, 0.25) is 11.8 Å². The summed E-state index contributed by atoms with van der Waals surface area (Å²) in [6.07, 6.45) is 2.56. The van der Waals surface area contributed by atoms with Crippen molar-refractivity contribution in [3.05, 3.63) is 52.5 Å². The monoisotopic (exact) mass is 479 g/mol. The molecule has 1 N–H and O–H groups in total. The second kappa shape index (κ2) is 9.75. The maximum absolute atomic E-state index is 15.0. The molecule has 35 heavy (non-hydrogen) atoms. The van der Waals surface area contributed by atoms with Gasteiger partial charge in [-0.2, -0.15) is 9.37 Å². The molecule has 1 aliphatic rings. The molecule has 4 heterocycles. The lowest BCUT2D eigenvalue weighted by Crippen LogP contribution is -2.17. The number of H-pyrrole nitrogens is 1. The zero-order valence-corrected chi connectivity index (χ0v) is 20.3. The van der Waals surface area contributed by atoms with Gasteiger partial charge < -0.3 is 19.4 Å². The van der Waals surface area contributed by atoms with Gasteiger partial charge in [0.1, 0.15) is 0 Å². The summed E-state index contributed by atoms with van der Waals surface area (Å²) < 4.78 is 27.7. The molecule has 1 saturated heterocycles. The molecule has 8 nitrogen and oxygen atoms in total. The Balaban J connectivity index is 1.52. The van der Waals surface area contributed by atoms with Crippen LogP contribution in [0.4, 0.5) is 4.39 Å². The van der Waals surface area contributed by atoms with Crippen molar-refractivity contribution in [1.29, 1.82) is 0 Å². The number of ether oxygens (including phenoxy) is 2. The van der Waals surface area contributed by atoms with Gasteiger partial charge >= 0.3 is 5.69 Å². The minimum Gasteiger partial charge on any atom is -0.478 e. The van der Waals surface area contributed by atoms with E-state index in [1.807, 2.05) is 32.3 Å². The van der Waals surface area contributed by atoms with Gasteiger partial charge in [-0.25, -0.2) is 4.79 Å². The number of aryl methyl sites for hydroxylation is 1. The van der Waals surface area contributed by atoms with Gasteiger partial charge in [-0.15, -0.1) is 0 Å². The lowest BCUT2D eigenvalue weighted by molar-refractivity contribution is 0.0848. The normalized spacial score (nSPS) is 14.9. The van der Waals surface area contributed by atoms with Crippen molar-refractivity contribution in [3.8, 4) is 17.0 Å². The molecule has 5 rings (SSSR count). The number of benzene rings is 1. The number of imidazole rings is 1. The number of nitrogens with one attached hydrogen (secondary N) is 1. The van der Waals surface area contributed by atoms with E-state index in [1.54, 1.807) is 23.7 Å². The van der Waals surface area contributed by atoms with Crippen LogP contribution in [0.25, 0.3) is 33.1 Å². The number of fused-ring (bicyclic) bond motifs is 3. The lowest BCUT2D eigenvalue weighted by Gasteiger charge is -2.23. The van der Waals surface area contributed by atoms with Crippen molar-refractivity contribution in [1.82, 2.24) is 24.4 Å². The molecule has 0 radical (unpaired) electrons. The molecule has 0 amide bonds. The van der Waals surface area contributed by atoms with Crippen molar-refractivity contribution in [2.45, 2.75) is 25.2 Å². The third kappa shape index (κ3) is 4.66. The number of halogens is 1. The minimum absolute atomic E-state index is 0.198. The van der Waals surface area contributed by atoms with Crippen LogP contribution in [0.2, 0.25) is 0 Å². The highest BCUT2D eigenvalue weighted by atomic mass is 19.1. The Morgan fingerprint density at radius 3 is 2.74 bits per heavy atom. The van der Waals surface area contributed by atoms with Gasteiger partial charge in [0.05, 0.1) is 28.9 Å². The van der Waals surface area contributed by atoms with Crippen molar-refractivity contribution in [3.63, 3.8) is 0 Å². The molecular weight excluding hydrogens is 449 g/mol. The summed E-state index contributed by atoms with van der Waals surface area (Å²) in [5, 5.41) is 0.773. The molecule has 0 unspecified atom stereocenters. The number of aromatic nitrogens is 4. The van der Waals surface area contributed by atoms with Crippen LogP contribution in [0.5, 0.6) is 5.88 Å². The summed E-state index contributed by atoms with van der Waals surface area (Å²) >= 11 is 0. The van der Waals surface area contributed by atoms with Crippen LogP contribution in [0, 0.1) is 5.95 Å². The summed E-state index contributed by atoms with van der Waals surface area (Å²) in [6, 6.07) is 8.95. The van der Waals surface area contributed by atoms with Gasteiger partial charge in [0, 0.05) is 49.7 Å². The fourth-order valence-corrected chi connectivity index (χ4v) is 4.72. The zero-order valence-electron chi connectivity index (χ0n) is 20.3. The van der Waals surface area contributed by atoms with Crippen LogP contribution in [-0.4, -0.2) is 64.9 Å². The maximum Gasteiger partial charge on any atom is 0.326 e. The molecule has 1 aromatic carbocycles. The van der Waals surface area contributed by atoms with E-state index >= 15 is 0 Å². The summed E-state index contributed by atoms with van der Waals surface area (Å²) in [5.41, 5.74) is 4.02. The summed E-state index contributed by atoms with van der Waals surface area (Å²) in [4.78, 5) is 26.6. The highest BCUT2D eigenvalue weighted by Crippen LogP contribution is 2.35. The molecule has 0 saturated carbocycles. The molecule has 1 fully saturated rings. The number of hydrogen-bond acceptors (Lipinski definition) is 6. The van der Waals surface area contributed by atoms with Gasteiger partial charge in [0.15, 0.2) is 0 Å². The molecule has 1 aliphatic heterocycles. The quantitative estimate of drug-likeness (QED) is 0.320. The molecule has 3 aromatic heterocycles. The van der Waals surface area contributed by atoms with E-state index in [4.69, 9.17) is 14.5 Å². The Morgan fingerprint density at radius 2 is 2.00 bits per heavy atom. The van der Waals surface area contributed by atoms with Crippen LogP contribution >= 0.6 is 0 Å². The number of aromatic amines is 1. The fourth-order valence-electron chi connectivity index (χ4n) is 4.72. The smallest absolute Gasteiger partial charge is 0.326 e. The Kier molecular flexibility index (Phi) is 6.53. The Labute approximate surface area is 202 Å². The van der Waals surface area contributed by atoms with E-state index in [0.717, 1.165) is 53.4 Å². The van der Waals surface area contributed by atoms with Crippen molar-refractivity contribution in [2.24, 2.45) is 7.05 Å². The second-order valence-electron chi connectivity index (χ2n) is 9.32. The summed E-state index contributed by atoms with van der Waals surface area (Å²) in [7, 11) is 5.75.